The number of hydrogen-bond acceptors (Lipinski definition) is 4. The van der Waals surface area contributed by atoms with Gasteiger partial charge in [0.05, 0.1) is 0 Å². The molecule has 3 aromatic rings. The smallest absolute Gasteiger partial charge is 0.178 e. The second-order valence-electron chi connectivity index (χ2n) is 7.97. The summed E-state index contributed by atoms with van der Waals surface area (Å²) >= 11 is 0. The number of rotatable bonds is 2. The Morgan fingerprint density at radius 2 is 1.76 bits per heavy atom. The summed E-state index contributed by atoms with van der Waals surface area (Å²) in [4.78, 5) is 2.41. The van der Waals surface area contributed by atoms with Crippen LogP contribution in [0, 0.1) is 0 Å². The van der Waals surface area contributed by atoms with Crippen LogP contribution < -0.4 is 4.90 Å². The first-order valence-corrected chi connectivity index (χ1v) is 9.00. The molecule has 3 heterocycles. The summed E-state index contributed by atoms with van der Waals surface area (Å²) in [7, 11) is 0. The number of fused-ring (bicyclic) bond motifs is 1. The van der Waals surface area contributed by atoms with Crippen LogP contribution in [-0.2, 0) is 5.41 Å². The Bertz CT molecular complexity index is 878. The summed E-state index contributed by atoms with van der Waals surface area (Å²) in [5, 5.41) is 13.5. The van der Waals surface area contributed by atoms with E-state index in [9.17, 15) is 0 Å². The summed E-state index contributed by atoms with van der Waals surface area (Å²) in [6, 6.07) is 15.3. The van der Waals surface area contributed by atoms with Gasteiger partial charge in [0, 0.05) is 23.9 Å². The lowest BCUT2D eigenvalue weighted by Crippen LogP contribution is -2.30. The second-order valence-corrected chi connectivity index (χ2v) is 7.97. The molecule has 25 heavy (non-hydrogen) atoms. The minimum Gasteiger partial charge on any atom is -0.352 e. The van der Waals surface area contributed by atoms with Crippen LogP contribution in [0.25, 0.3) is 5.65 Å². The van der Waals surface area contributed by atoms with Gasteiger partial charge in [0.2, 0.25) is 0 Å². The fourth-order valence-corrected chi connectivity index (χ4v) is 3.81. The van der Waals surface area contributed by atoms with Gasteiger partial charge in [-0.15, -0.1) is 15.3 Å². The van der Waals surface area contributed by atoms with Crippen molar-refractivity contribution in [1.82, 2.24) is 19.8 Å². The van der Waals surface area contributed by atoms with Crippen molar-refractivity contribution in [2.24, 2.45) is 0 Å². The van der Waals surface area contributed by atoms with Crippen LogP contribution in [0.3, 0.4) is 0 Å². The predicted octanol–water partition coefficient (Wildman–Crippen LogP) is 3.80. The summed E-state index contributed by atoms with van der Waals surface area (Å²) in [5.41, 5.74) is 2.13. The van der Waals surface area contributed by atoms with Gasteiger partial charge in [0.25, 0.3) is 0 Å². The summed E-state index contributed by atoms with van der Waals surface area (Å²) in [6.07, 6.45) is 1.15. The Labute approximate surface area is 148 Å². The number of benzene rings is 1. The average molecular weight is 335 g/mol. The SMILES string of the molecule is CC1C(c2ccccc2)CCN1c1ccc2nnc(C(C)(C)C)n2n1. The average Bonchev–Trinajstić information content (AvgIpc) is 3.18. The van der Waals surface area contributed by atoms with E-state index in [0.717, 1.165) is 30.3 Å². The normalized spacial score (nSPS) is 21.2. The molecule has 0 amide bonds. The third-order valence-corrected chi connectivity index (χ3v) is 5.20. The van der Waals surface area contributed by atoms with E-state index in [1.54, 1.807) is 0 Å². The van der Waals surface area contributed by atoms with Gasteiger partial charge >= 0.3 is 0 Å². The van der Waals surface area contributed by atoms with Crippen molar-refractivity contribution in [2.75, 3.05) is 11.4 Å². The van der Waals surface area contributed by atoms with Crippen molar-refractivity contribution in [3.63, 3.8) is 0 Å². The minimum atomic E-state index is -0.0890. The highest BCUT2D eigenvalue weighted by molar-refractivity contribution is 5.48. The highest BCUT2D eigenvalue weighted by Crippen LogP contribution is 2.35. The molecule has 2 atom stereocenters. The molecule has 2 aromatic heterocycles. The molecule has 2 unspecified atom stereocenters. The van der Waals surface area contributed by atoms with Crippen molar-refractivity contribution < 1.29 is 0 Å². The first-order valence-electron chi connectivity index (χ1n) is 9.00. The topological polar surface area (TPSA) is 46.3 Å². The molecular formula is C20H25N5. The molecule has 0 spiro atoms. The number of hydrogen-bond donors (Lipinski definition) is 0. The molecule has 1 aliphatic heterocycles. The Kier molecular flexibility index (Phi) is 3.74. The summed E-state index contributed by atoms with van der Waals surface area (Å²) < 4.78 is 1.90. The number of anilines is 1. The van der Waals surface area contributed by atoms with Crippen molar-refractivity contribution in [2.45, 2.75) is 51.5 Å². The molecule has 4 rings (SSSR count). The lowest BCUT2D eigenvalue weighted by molar-refractivity contribution is 0.525. The van der Waals surface area contributed by atoms with Gasteiger partial charge in [-0.05, 0) is 31.0 Å². The van der Waals surface area contributed by atoms with Gasteiger partial charge in [-0.25, -0.2) is 0 Å². The summed E-state index contributed by atoms with van der Waals surface area (Å²) in [5.74, 6) is 2.45. The molecule has 5 heteroatoms. The fourth-order valence-electron chi connectivity index (χ4n) is 3.81. The van der Waals surface area contributed by atoms with E-state index in [1.807, 2.05) is 10.6 Å². The monoisotopic (exact) mass is 335 g/mol. The van der Waals surface area contributed by atoms with Crippen LogP contribution >= 0.6 is 0 Å². The molecule has 1 aliphatic rings. The first kappa shape index (κ1) is 16.1. The van der Waals surface area contributed by atoms with Crippen molar-refractivity contribution >= 4 is 11.5 Å². The highest BCUT2D eigenvalue weighted by Gasteiger charge is 2.33. The Morgan fingerprint density at radius 3 is 2.48 bits per heavy atom. The van der Waals surface area contributed by atoms with Crippen LogP contribution in [0.4, 0.5) is 5.82 Å². The Hall–Kier alpha value is -2.43. The molecule has 0 radical (unpaired) electrons. The summed E-state index contributed by atoms with van der Waals surface area (Å²) in [6.45, 7) is 9.74. The van der Waals surface area contributed by atoms with E-state index in [0.29, 0.717) is 12.0 Å². The quantitative estimate of drug-likeness (QED) is 0.714. The van der Waals surface area contributed by atoms with E-state index in [1.165, 1.54) is 5.56 Å². The van der Waals surface area contributed by atoms with Gasteiger partial charge in [-0.3, -0.25) is 0 Å². The second kappa shape index (κ2) is 5.83. The van der Waals surface area contributed by atoms with E-state index in [2.05, 4.69) is 79.2 Å². The lowest BCUT2D eigenvalue weighted by Gasteiger charge is -2.26. The molecule has 0 aliphatic carbocycles. The lowest BCUT2D eigenvalue weighted by atomic mass is 9.93. The van der Waals surface area contributed by atoms with E-state index < -0.39 is 0 Å². The molecule has 0 N–H and O–H groups in total. The molecule has 1 fully saturated rings. The van der Waals surface area contributed by atoms with Gasteiger partial charge in [0.15, 0.2) is 11.5 Å². The Balaban J connectivity index is 1.68. The van der Waals surface area contributed by atoms with Crippen LogP contribution in [0.15, 0.2) is 42.5 Å². The first-order chi connectivity index (χ1) is 11.9. The van der Waals surface area contributed by atoms with Crippen LogP contribution in [0.2, 0.25) is 0 Å². The molecule has 0 bridgehead atoms. The number of aromatic nitrogens is 4. The van der Waals surface area contributed by atoms with E-state index >= 15 is 0 Å². The zero-order valence-electron chi connectivity index (χ0n) is 15.3. The molecule has 1 aromatic carbocycles. The van der Waals surface area contributed by atoms with Gasteiger partial charge < -0.3 is 4.90 Å². The maximum Gasteiger partial charge on any atom is 0.178 e. The van der Waals surface area contributed by atoms with Crippen LogP contribution in [0.5, 0.6) is 0 Å². The predicted molar refractivity (Wildman–Crippen MR) is 100 cm³/mol. The molecular weight excluding hydrogens is 310 g/mol. The maximum absolute atomic E-state index is 4.88. The number of nitrogens with zero attached hydrogens (tertiary/aromatic N) is 5. The maximum atomic E-state index is 4.88. The largest absolute Gasteiger partial charge is 0.352 e. The zero-order valence-corrected chi connectivity index (χ0v) is 15.3. The third-order valence-electron chi connectivity index (χ3n) is 5.20. The van der Waals surface area contributed by atoms with Crippen LogP contribution in [-0.4, -0.2) is 32.4 Å². The van der Waals surface area contributed by atoms with E-state index in [-0.39, 0.29) is 5.41 Å². The molecule has 1 saturated heterocycles. The third kappa shape index (κ3) is 2.77. The van der Waals surface area contributed by atoms with Crippen molar-refractivity contribution in [3.05, 3.63) is 53.9 Å². The minimum absolute atomic E-state index is 0.0890. The fraction of sp³-hybridized carbons (Fsp3) is 0.450. The van der Waals surface area contributed by atoms with Crippen molar-refractivity contribution in [1.29, 1.82) is 0 Å². The zero-order chi connectivity index (χ0) is 17.6. The molecule has 5 nitrogen and oxygen atoms in total. The Morgan fingerprint density at radius 1 is 1.00 bits per heavy atom. The van der Waals surface area contributed by atoms with Gasteiger partial charge in [-0.2, -0.15) is 4.52 Å². The highest BCUT2D eigenvalue weighted by atomic mass is 15.4. The van der Waals surface area contributed by atoms with E-state index in [4.69, 9.17) is 5.10 Å². The van der Waals surface area contributed by atoms with Crippen LogP contribution in [0.1, 0.15) is 51.4 Å². The van der Waals surface area contributed by atoms with Crippen molar-refractivity contribution in [3.8, 4) is 0 Å². The van der Waals surface area contributed by atoms with Gasteiger partial charge in [-0.1, -0.05) is 51.1 Å². The standard InChI is InChI=1S/C20H25N5/c1-14-16(15-8-6-5-7-9-15)12-13-24(14)18-11-10-17-21-22-19(20(2,3)4)25(17)23-18/h5-11,14,16H,12-13H2,1-4H3. The molecule has 0 saturated carbocycles. The molecule has 130 valence electrons. The van der Waals surface area contributed by atoms with Gasteiger partial charge in [0.1, 0.15) is 5.82 Å².